The molecule has 0 unspecified atom stereocenters. The number of fused-ring (bicyclic) bond motifs is 1. The second kappa shape index (κ2) is 8.39. The van der Waals surface area contributed by atoms with Crippen molar-refractivity contribution in [3.05, 3.63) is 76.7 Å². The van der Waals surface area contributed by atoms with Crippen molar-refractivity contribution < 1.29 is 4.52 Å². The molecule has 142 valence electrons. The first-order valence-electron chi connectivity index (χ1n) is 9.27. The Labute approximate surface area is 166 Å². The highest BCUT2D eigenvalue weighted by molar-refractivity contribution is 7.98. The van der Waals surface area contributed by atoms with Gasteiger partial charge in [-0.15, -0.1) is 0 Å². The third-order valence-electron chi connectivity index (χ3n) is 4.35. The molecule has 0 saturated heterocycles. The van der Waals surface area contributed by atoms with E-state index in [1.54, 1.807) is 10.6 Å². The van der Waals surface area contributed by atoms with Crippen LogP contribution in [0.2, 0.25) is 0 Å². The number of aryl methyl sites for hydroxylation is 1. The molecule has 0 aliphatic heterocycles. The molecule has 7 heteroatoms. The normalized spacial score (nSPS) is 11.2. The molecule has 0 aliphatic rings. The summed E-state index contributed by atoms with van der Waals surface area (Å²) in [5.74, 6) is 1.72. The summed E-state index contributed by atoms with van der Waals surface area (Å²) < 4.78 is 6.99. The van der Waals surface area contributed by atoms with E-state index in [1.165, 1.54) is 11.8 Å². The molecule has 0 aliphatic carbocycles. The Kier molecular flexibility index (Phi) is 5.53. The summed E-state index contributed by atoms with van der Waals surface area (Å²) in [5, 5.41) is 5.22. The Morgan fingerprint density at radius 1 is 1.04 bits per heavy atom. The molecule has 0 fully saturated rings. The van der Waals surface area contributed by atoms with Crippen LogP contribution in [0.25, 0.3) is 16.6 Å². The minimum atomic E-state index is -0.0894. The van der Waals surface area contributed by atoms with Crippen molar-refractivity contribution in [2.75, 3.05) is 0 Å². The highest BCUT2D eigenvalue weighted by Gasteiger charge is 2.15. The molecular formula is C21H20N4O2S. The Morgan fingerprint density at radius 3 is 2.64 bits per heavy atom. The largest absolute Gasteiger partial charge is 0.338 e. The monoisotopic (exact) mass is 392 g/mol. The van der Waals surface area contributed by atoms with Crippen LogP contribution in [0.15, 0.2) is 69.1 Å². The molecule has 2 heterocycles. The third-order valence-corrected chi connectivity index (χ3v) is 5.27. The Balaban J connectivity index is 1.69. The van der Waals surface area contributed by atoms with Crippen LogP contribution in [-0.4, -0.2) is 19.7 Å². The van der Waals surface area contributed by atoms with Gasteiger partial charge in [0, 0.05) is 6.42 Å². The average Bonchev–Trinajstić information content (AvgIpc) is 3.19. The Bertz CT molecular complexity index is 1140. The number of nitrogens with zero attached hydrogens (tertiary/aromatic N) is 4. The molecule has 6 nitrogen and oxygen atoms in total. The van der Waals surface area contributed by atoms with Gasteiger partial charge >= 0.3 is 0 Å². The molecular weight excluding hydrogens is 372 g/mol. The highest BCUT2D eigenvalue weighted by atomic mass is 32.2. The van der Waals surface area contributed by atoms with E-state index in [2.05, 4.69) is 17.1 Å². The first-order valence-corrected chi connectivity index (χ1v) is 10.3. The predicted molar refractivity (Wildman–Crippen MR) is 110 cm³/mol. The summed E-state index contributed by atoms with van der Waals surface area (Å²) in [7, 11) is 0. The van der Waals surface area contributed by atoms with Crippen molar-refractivity contribution >= 4 is 22.7 Å². The van der Waals surface area contributed by atoms with E-state index in [9.17, 15) is 4.79 Å². The molecule has 0 N–H and O–H groups in total. The molecule has 0 atom stereocenters. The molecule has 4 rings (SSSR count). The SMILES string of the molecule is CCCCc1noc(CSc2nc3ccccc3c(=O)n2-c2ccccc2)n1. The zero-order valence-corrected chi connectivity index (χ0v) is 16.4. The van der Waals surface area contributed by atoms with Gasteiger partial charge < -0.3 is 4.52 Å². The molecule has 2 aromatic heterocycles. The van der Waals surface area contributed by atoms with Crippen molar-refractivity contribution in [1.29, 1.82) is 0 Å². The summed E-state index contributed by atoms with van der Waals surface area (Å²) in [4.78, 5) is 22.3. The number of hydrogen-bond acceptors (Lipinski definition) is 6. The number of rotatable bonds is 7. The fourth-order valence-corrected chi connectivity index (χ4v) is 3.78. The van der Waals surface area contributed by atoms with Crippen molar-refractivity contribution in [2.24, 2.45) is 0 Å². The van der Waals surface area contributed by atoms with Crippen LogP contribution in [0.1, 0.15) is 31.5 Å². The van der Waals surface area contributed by atoms with E-state index in [-0.39, 0.29) is 5.56 Å². The Hall–Kier alpha value is -2.93. The highest BCUT2D eigenvalue weighted by Crippen LogP contribution is 2.24. The lowest BCUT2D eigenvalue weighted by Crippen LogP contribution is -2.21. The zero-order valence-electron chi connectivity index (χ0n) is 15.5. The maximum absolute atomic E-state index is 13.1. The third kappa shape index (κ3) is 3.84. The van der Waals surface area contributed by atoms with E-state index >= 15 is 0 Å². The van der Waals surface area contributed by atoms with Crippen LogP contribution < -0.4 is 5.56 Å². The summed E-state index contributed by atoms with van der Waals surface area (Å²) in [6.45, 7) is 2.13. The smallest absolute Gasteiger partial charge is 0.266 e. The van der Waals surface area contributed by atoms with Gasteiger partial charge in [-0.25, -0.2) is 4.98 Å². The van der Waals surface area contributed by atoms with Crippen molar-refractivity contribution in [2.45, 2.75) is 37.1 Å². The first-order chi connectivity index (χ1) is 13.8. The number of benzene rings is 2. The summed E-state index contributed by atoms with van der Waals surface area (Å²) in [5.41, 5.74) is 1.37. The number of para-hydroxylation sites is 2. The number of hydrogen-bond donors (Lipinski definition) is 0. The molecule has 0 saturated carbocycles. The number of unbranched alkanes of at least 4 members (excludes halogenated alkanes) is 1. The average molecular weight is 392 g/mol. The van der Waals surface area contributed by atoms with Gasteiger partial charge in [-0.05, 0) is 30.7 Å². The van der Waals surface area contributed by atoms with Crippen LogP contribution in [-0.2, 0) is 12.2 Å². The van der Waals surface area contributed by atoms with Crippen LogP contribution in [0.4, 0.5) is 0 Å². The van der Waals surface area contributed by atoms with Crippen LogP contribution in [0.3, 0.4) is 0 Å². The van der Waals surface area contributed by atoms with Crippen molar-refractivity contribution in [1.82, 2.24) is 19.7 Å². The number of thioether (sulfide) groups is 1. The fraction of sp³-hybridized carbons (Fsp3) is 0.238. The van der Waals surface area contributed by atoms with E-state index in [1.807, 2.05) is 48.5 Å². The van der Waals surface area contributed by atoms with E-state index in [0.717, 1.165) is 30.8 Å². The minimum Gasteiger partial charge on any atom is -0.338 e. The van der Waals surface area contributed by atoms with E-state index in [4.69, 9.17) is 9.51 Å². The molecule has 0 bridgehead atoms. The summed E-state index contributed by atoms with van der Waals surface area (Å²) in [6, 6.07) is 16.9. The molecule has 0 spiro atoms. The zero-order chi connectivity index (χ0) is 19.3. The predicted octanol–water partition coefficient (Wildman–Crippen LogP) is 4.40. The standard InChI is InChI=1S/C21H20N4O2S/c1-2-3-13-18-23-19(27-24-18)14-28-21-22-17-12-8-7-11-16(17)20(26)25(21)15-9-5-4-6-10-15/h4-12H,2-3,13-14H2,1H3. The molecule has 28 heavy (non-hydrogen) atoms. The van der Waals surface area contributed by atoms with Gasteiger partial charge in [0.25, 0.3) is 5.56 Å². The van der Waals surface area contributed by atoms with Gasteiger partial charge in [0.15, 0.2) is 11.0 Å². The van der Waals surface area contributed by atoms with Gasteiger partial charge in [-0.2, -0.15) is 4.98 Å². The van der Waals surface area contributed by atoms with Gasteiger partial charge in [0.05, 0.1) is 22.3 Å². The van der Waals surface area contributed by atoms with Gasteiger partial charge in [-0.1, -0.05) is 60.6 Å². The fourth-order valence-electron chi connectivity index (χ4n) is 2.93. The molecule has 4 aromatic rings. The van der Waals surface area contributed by atoms with Gasteiger partial charge in [0.2, 0.25) is 5.89 Å². The van der Waals surface area contributed by atoms with Gasteiger partial charge in [0.1, 0.15) is 0 Å². The second-order valence-corrected chi connectivity index (χ2v) is 7.33. The topological polar surface area (TPSA) is 73.8 Å². The van der Waals surface area contributed by atoms with Gasteiger partial charge in [-0.3, -0.25) is 9.36 Å². The maximum atomic E-state index is 13.1. The minimum absolute atomic E-state index is 0.0894. The van der Waals surface area contributed by atoms with Crippen LogP contribution in [0, 0.1) is 0 Å². The van der Waals surface area contributed by atoms with Crippen molar-refractivity contribution in [3.8, 4) is 5.69 Å². The summed E-state index contributed by atoms with van der Waals surface area (Å²) >= 11 is 1.42. The lowest BCUT2D eigenvalue weighted by molar-refractivity contribution is 0.384. The summed E-state index contributed by atoms with van der Waals surface area (Å²) in [6.07, 6.45) is 2.93. The lowest BCUT2D eigenvalue weighted by atomic mass is 10.2. The van der Waals surface area contributed by atoms with Crippen molar-refractivity contribution in [3.63, 3.8) is 0 Å². The van der Waals surface area contributed by atoms with Crippen LogP contribution in [0.5, 0.6) is 0 Å². The molecule has 0 radical (unpaired) electrons. The second-order valence-electron chi connectivity index (χ2n) is 6.38. The van der Waals surface area contributed by atoms with E-state index < -0.39 is 0 Å². The molecule has 2 aromatic carbocycles. The molecule has 0 amide bonds. The Morgan fingerprint density at radius 2 is 1.82 bits per heavy atom. The first kappa shape index (κ1) is 18.4. The van der Waals surface area contributed by atoms with Crippen LogP contribution >= 0.6 is 11.8 Å². The maximum Gasteiger partial charge on any atom is 0.266 e. The number of aromatic nitrogens is 4. The quantitative estimate of drug-likeness (QED) is 0.343. The van der Waals surface area contributed by atoms with E-state index in [0.29, 0.717) is 27.7 Å². The lowest BCUT2D eigenvalue weighted by Gasteiger charge is -2.12.